The quantitative estimate of drug-likeness (QED) is 0.910. The van der Waals surface area contributed by atoms with Crippen molar-refractivity contribution in [1.29, 1.82) is 0 Å². The van der Waals surface area contributed by atoms with Crippen molar-refractivity contribution < 1.29 is 5.11 Å². The van der Waals surface area contributed by atoms with Crippen molar-refractivity contribution in [3.8, 4) is 0 Å². The second kappa shape index (κ2) is 5.33. The second-order valence-electron chi connectivity index (χ2n) is 3.65. The number of benzene rings is 1. The maximum Gasteiger partial charge on any atom is 0.142 e. The van der Waals surface area contributed by atoms with Crippen LogP contribution < -0.4 is 0 Å². The van der Waals surface area contributed by atoms with Gasteiger partial charge in [-0.25, -0.2) is 4.98 Å². The number of aliphatic hydroxyl groups excluding tert-OH is 1. The van der Waals surface area contributed by atoms with Gasteiger partial charge in [-0.3, -0.25) is 0 Å². The van der Waals surface area contributed by atoms with Crippen LogP contribution in [-0.4, -0.2) is 14.7 Å². The molecule has 0 fully saturated rings. The lowest BCUT2D eigenvalue weighted by molar-refractivity contribution is 0.204. The Kier molecular flexibility index (Phi) is 4.01. The van der Waals surface area contributed by atoms with Crippen LogP contribution in [0, 0.1) is 0 Å². The van der Waals surface area contributed by atoms with Gasteiger partial charge in [0.05, 0.1) is 0 Å². The lowest BCUT2D eigenvalue weighted by atomic mass is 10.1. The highest BCUT2D eigenvalue weighted by Crippen LogP contribution is 2.28. The fraction of sp³-hybridized carbons (Fsp3) is 0.250. The van der Waals surface area contributed by atoms with Crippen LogP contribution in [0.5, 0.6) is 0 Å². The predicted molar refractivity (Wildman–Crippen MR) is 73.8 cm³/mol. The molecule has 17 heavy (non-hydrogen) atoms. The minimum atomic E-state index is -0.700. The van der Waals surface area contributed by atoms with Crippen molar-refractivity contribution in [3.05, 3.63) is 50.9 Å². The monoisotopic (exact) mass is 358 g/mol. The smallest absolute Gasteiger partial charge is 0.142 e. The topological polar surface area (TPSA) is 38.0 Å². The molecule has 3 nitrogen and oxygen atoms in total. The summed E-state index contributed by atoms with van der Waals surface area (Å²) in [6.07, 6.45) is 2.87. The number of aryl methyl sites for hydroxylation is 1. The first-order chi connectivity index (χ1) is 8.13. The standard InChI is InChI=1S/C12H12Br2N2O/c1-2-16-6-5-15-12(16)11(17)8-3-4-9(13)10(14)7-8/h3-7,11,17H,2H2,1H3. The molecule has 0 amide bonds. The van der Waals surface area contributed by atoms with Crippen molar-refractivity contribution in [1.82, 2.24) is 9.55 Å². The molecule has 0 saturated carbocycles. The molecule has 1 unspecified atom stereocenters. The van der Waals surface area contributed by atoms with Crippen LogP contribution in [0.15, 0.2) is 39.5 Å². The number of nitrogens with zero attached hydrogens (tertiary/aromatic N) is 2. The average Bonchev–Trinajstić information content (AvgIpc) is 2.80. The third kappa shape index (κ3) is 2.61. The van der Waals surface area contributed by atoms with Crippen molar-refractivity contribution in [2.24, 2.45) is 0 Å². The van der Waals surface area contributed by atoms with Gasteiger partial charge >= 0.3 is 0 Å². The van der Waals surface area contributed by atoms with Gasteiger partial charge in [-0.1, -0.05) is 6.07 Å². The van der Waals surface area contributed by atoms with Gasteiger partial charge in [0.1, 0.15) is 11.9 Å². The minimum Gasteiger partial charge on any atom is -0.380 e. The molecule has 0 aliphatic heterocycles. The van der Waals surface area contributed by atoms with E-state index in [1.54, 1.807) is 6.20 Å². The van der Waals surface area contributed by atoms with Gasteiger partial charge in [0.2, 0.25) is 0 Å². The van der Waals surface area contributed by atoms with Gasteiger partial charge in [0.25, 0.3) is 0 Å². The van der Waals surface area contributed by atoms with E-state index in [-0.39, 0.29) is 0 Å². The summed E-state index contributed by atoms with van der Waals surface area (Å²) in [6, 6.07) is 5.68. The number of halogens is 2. The van der Waals surface area contributed by atoms with Crippen LogP contribution in [0.4, 0.5) is 0 Å². The third-order valence-corrected chi connectivity index (χ3v) is 4.47. The molecule has 0 bridgehead atoms. The summed E-state index contributed by atoms with van der Waals surface area (Å²) in [6.45, 7) is 2.82. The van der Waals surface area contributed by atoms with E-state index >= 15 is 0 Å². The highest BCUT2D eigenvalue weighted by molar-refractivity contribution is 9.13. The summed E-state index contributed by atoms with van der Waals surface area (Å²) in [5.41, 5.74) is 0.820. The molecular formula is C12H12Br2N2O. The number of aromatic nitrogens is 2. The Balaban J connectivity index is 2.36. The molecule has 2 rings (SSSR count). The van der Waals surface area contributed by atoms with Crippen LogP contribution in [0.25, 0.3) is 0 Å². The number of hydrogen-bond acceptors (Lipinski definition) is 2. The van der Waals surface area contributed by atoms with E-state index in [1.807, 2.05) is 35.9 Å². The summed E-state index contributed by atoms with van der Waals surface area (Å²) in [5.74, 6) is 0.668. The maximum absolute atomic E-state index is 10.3. The summed E-state index contributed by atoms with van der Waals surface area (Å²) < 4.78 is 3.82. The van der Waals surface area contributed by atoms with Crippen LogP contribution in [0.1, 0.15) is 24.4 Å². The van der Waals surface area contributed by atoms with E-state index in [0.717, 1.165) is 21.1 Å². The first-order valence-corrected chi connectivity index (χ1v) is 6.86. The van der Waals surface area contributed by atoms with Gasteiger partial charge in [0.15, 0.2) is 0 Å². The molecule has 90 valence electrons. The van der Waals surface area contributed by atoms with Crippen molar-refractivity contribution in [2.45, 2.75) is 19.6 Å². The van der Waals surface area contributed by atoms with Crippen molar-refractivity contribution in [3.63, 3.8) is 0 Å². The maximum atomic E-state index is 10.3. The Morgan fingerprint density at radius 2 is 2.12 bits per heavy atom. The number of rotatable bonds is 3. The van der Waals surface area contributed by atoms with Gasteiger partial charge in [-0.05, 0) is 56.5 Å². The molecule has 0 saturated heterocycles. The Bertz CT molecular complexity index is 525. The SMILES string of the molecule is CCn1ccnc1C(O)c1ccc(Br)c(Br)c1. The number of imidazole rings is 1. The second-order valence-corrected chi connectivity index (χ2v) is 5.36. The third-order valence-electron chi connectivity index (χ3n) is 2.59. The minimum absolute atomic E-state index is 0.668. The van der Waals surface area contributed by atoms with Gasteiger partial charge in [-0.15, -0.1) is 0 Å². The van der Waals surface area contributed by atoms with E-state index in [9.17, 15) is 5.11 Å². The molecule has 0 spiro atoms. The highest BCUT2D eigenvalue weighted by Gasteiger charge is 2.16. The number of aliphatic hydroxyl groups is 1. The zero-order valence-electron chi connectivity index (χ0n) is 9.27. The first-order valence-electron chi connectivity index (χ1n) is 5.27. The number of hydrogen-bond donors (Lipinski definition) is 1. The van der Waals surface area contributed by atoms with E-state index in [0.29, 0.717) is 5.82 Å². The largest absolute Gasteiger partial charge is 0.380 e. The Morgan fingerprint density at radius 3 is 2.76 bits per heavy atom. The lowest BCUT2D eigenvalue weighted by Gasteiger charge is -2.13. The summed E-state index contributed by atoms with van der Waals surface area (Å²) in [5, 5.41) is 10.3. The predicted octanol–water partition coefficient (Wildman–Crippen LogP) is 3.51. The van der Waals surface area contributed by atoms with Crippen LogP contribution >= 0.6 is 31.9 Å². The van der Waals surface area contributed by atoms with Crippen LogP contribution in [0.2, 0.25) is 0 Å². The van der Waals surface area contributed by atoms with Crippen LogP contribution in [0.3, 0.4) is 0 Å². The van der Waals surface area contributed by atoms with E-state index in [1.165, 1.54) is 0 Å². The normalized spacial score (nSPS) is 12.7. The van der Waals surface area contributed by atoms with Crippen LogP contribution in [-0.2, 0) is 6.54 Å². The summed E-state index contributed by atoms with van der Waals surface area (Å²) in [4.78, 5) is 4.20. The molecule has 1 heterocycles. The molecular weight excluding hydrogens is 348 g/mol. The van der Waals surface area contributed by atoms with E-state index in [4.69, 9.17) is 0 Å². The van der Waals surface area contributed by atoms with E-state index < -0.39 is 6.10 Å². The molecule has 5 heteroatoms. The lowest BCUT2D eigenvalue weighted by Crippen LogP contribution is -2.08. The first kappa shape index (κ1) is 12.8. The molecule has 0 aliphatic carbocycles. The molecule has 0 aliphatic rings. The molecule has 1 N–H and O–H groups in total. The Morgan fingerprint density at radius 1 is 1.35 bits per heavy atom. The molecule has 2 aromatic rings. The van der Waals surface area contributed by atoms with Gasteiger partial charge in [0, 0.05) is 27.9 Å². The highest BCUT2D eigenvalue weighted by atomic mass is 79.9. The van der Waals surface area contributed by atoms with Gasteiger partial charge < -0.3 is 9.67 Å². The fourth-order valence-corrected chi connectivity index (χ4v) is 2.31. The molecule has 1 aromatic heterocycles. The fourth-order valence-electron chi connectivity index (χ4n) is 1.67. The molecule has 1 aromatic carbocycles. The summed E-state index contributed by atoms with van der Waals surface area (Å²) >= 11 is 6.83. The summed E-state index contributed by atoms with van der Waals surface area (Å²) in [7, 11) is 0. The average molecular weight is 360 g/mol. The van der Waals surface area contributed by atoms with Crippen molar-refractivity contribution >= 4 is 31.9 Å². The van der Waals surface area contributed by atoms with E-state index in [2.05, 4.69) is 36.8 Å². The zero-order valence-corrected chi connectivity index (χ0v) is 12.4. The van der Waals surface area contributed by atoms with Gasteiger partial charge in [-0.2, -0.15) is 0 Å². The molecule has 0 radical (unpaired) electrons. The Labute approximate surface area is 117 Å². The van der Waals surface area contributed by atoms with Crippen molar-refractivity contribution in [2.75, 3.05) is 0 Å². The Hall–Kier alpha value is -0.650. The zero-order chi connectivity index (χ0) is 12.4. The molecule has 1 atom stereocenters.